The summed E-state index contributed by atoms with van der Waals surface area (Å²) in [6.45, 7) is 1.85. The Kier molecular flexibility index (Phi) is 3.17. The minimum atomic E-state index is -0.718. The van der Waals surface area contributed by atoms with E-state index >= 15 is 0 Å². The molecule has 7 nitrogen and oxygen atoms in total. The second kappa shape index (κ2) is 5.46. The third-order valence-electron chi connectivity index (χ3n) is 4.73. The van der Waals surface area contributed by atoms with Crippen LogP contribution in [0.15, 0.2) is 56.5 Å². The Bertz CT molecular complexity index is 1370. The first-order chi connectivity index (χ1) is 13.1. The maximum atomic E-state index is 12.9. The Morgan fingerprint density at radius 1 is 1.37 bits per heavy atom. The van der Waals surface area contributed by atoms with E-state index < -0.39 is 11.5 Å². The van der Waals surface area contributed by atoms with Crippen LogP contribution in [0.1, 0.15) is 22.9 Å². The SMILES string of the molecule is Cc1nc2sccn2c1C1C(C#N)=C(N)Oc2c1c(=O)oc1ccccc21. The number of allylic oxidation sites excluding steroid dienone is 1. The Hall–Kier alpha value is -3.57. The Morgan fingerprint density at radius 3 is 3.00 bits per heavy atom. The topological polar surface area (TPSA) is 107 Å². The molecule has 1 aromatic carbocycles. The number of benzene rings is 1. The lowest BCUT2D eigenvalue weighted by molar-refractivity contribution is 0.387. The van der Waals surface area contributed by atoms with Gasteiger partial charge >= 0.3 is 5.63 Å². The highest BCUT2D eigenvalue weighted by Crippen LogP contribution is 2.44. The summed E-state index contributed by atoms with van der Waals surface area (Å²) < 4.78 is 13.1. The molecule has 0 bridgehead atoms. The van der Waals surface area contributed by atoms with Gasteiger partial charge in [0, 0.05) is 11.6 Å². The highest BCUT2D eigenvalue weighted by Gasteiger charge is 2.38. The quantitative estimate of drug-likeness (QED) is 0.512. The van der Waals surface area contributed by atoms with E-state index in [4.69, 9.17) is 14.9 Å². The molecule has 0 fully saturated rings. The number of aryl methyl sites for hydroxylation is 1. The molecule has 0 amide bonds. The molecule has 2 N–H and O–H groups in total. The van der Waals surface area contributed by atoms with Crippen LogP contribution >= 0.6 is 11.3 Å². The van der Waals surface area contributed by atoms with Gasteiger partial charge in [0.2, 0.25) is 5.88 Å². The molecule has 4 heterocycles. The van der Waals surface area contributed by atoms with E-state index in [-0.39, 0.29) is 17.0 Å². The first-order valence-electron chi connectivity index (χ1n) is 8.15. The number of ether oxygens (including phenoxy) is 1. The van der Waals surface area contributed by atoms with E-state index in [2.05, 4.69) is 11.1 Å². The standard InChI is InChI=1S/C19H12N4O3S/c1-9-15(23-6-7-27-19(23)22-9)13-11(8-20)17(21)26-16-10-4-2-3-5-12(10)25-18(24)14(13)16/h2-7,13H,21H2,1H3. The van der Waals surface area contributed by atoms with Crippen molar-refractivity contribution in [3.8, 4) is 11.8 Å². The molecule has 0 spiro atoms. The maximum Gasteiger partial charge on any atom is 0.344 e. The first kappa shape index (κ1) is 15.7. The number of nitrogens with zero attached hydrogens (tertiary/aromatic N) is 3. The van der Waals surface area contributed by atoms with Gasteiger partial charge in [0.25, 0.3) is 0 Å². The number of aromatic nitrogens is 2. The maximum absolute atomic E-state index is 12.9. The van der Waals surface area contributed by atoms with Gasteiger partial charge in [-0.25, -0.2) is 9.78 Å². The second-order valence-corrected chi connectivity index (χ2v) is 7.06. The number of hydrogen-bond donors (Lipinski definition) is 1. The van der Waals surface area contributed by atoms with Crippen molar-refractivity contribution in [1.82, 2.24) is 9.38 Å². The molecular weight excluding hydrogens is 364 g/mol. The fraction of sp³-hybridized carbons (Fsp3) is 0.105. The van der Waals surface area contributed by atoms with Crippen LogP contribution in [-0.2, 0) is 0 Å². The van der Waals surface area contributed by atoms with E-state index in [1.54, 1.807) is 18.2 Å². The number of hydrogen-bond acceptors (Lipinski definition) is 7. The Labute approximate surface area is 156 Å². The van der Waals surface area contributed by atoms with Crippen LogP contribution < -0.4 is 16.1 Å². The molecule has 0 radical (unpaired) electrons. The molecule has 8 heteroatoms. The van der Waals surface area contributed by atoms with Crippen molar-refractivity contribution in [2.45, 2.75) is 12.8 Å². The lowest BCUT2D eigenvalue weighted by atomic mass is 9.86. The zero-order valence-electron chi connectivity index (χ0n) is 14.1. The van der Waals surface area contributed by atoms with E-state index in [1.165, 1.54) is 11.3 Å². The van der Waals surface area contributed by atoms with Gasteiger partial charge in [0.15, 0.2) is 10.7 Å². The summed E-state index contributed by atoms with van der Waals surface area (Å²) in [4.78, 5) is 18.2. The molecule has 0 saturated carbocycles. The van der Waals surface area contributed by atoms with Gasteiger partial charge in [-0.1, -0.05) is 12.1 Å². The summed E-state index contributed by atoms with van der Waals surface area (Å²) in [5.74, 6) is -0.410. The number of imidazole rings is 1. The molecule has 0 saturated heterocycles. The second-order valence-electron chi connectivity index (χ2n) is 6.19. The predicted molar refractivity (Wildman–Crippen MR) is 99.6 cm³/mol. The number of fused-ring (bicyclic) bond motifs is 4. The number of thiazole rings is 1. The number of nitriles is 1. The summed E-state index contributed by atoms with van der Waals surface area (Å²) in [5, 5.41) is 12.3. The fourth-order valence-electron chi connectivity index (χ4n) is 3.60. The molecular formula is C19H12N4O3S. The predicted octanol–water partition coefficient (Wildman–Crippen LogP) is 3.03. The van der Waals surface area contributed by atoms with Gasteiger partial charge < -0.3 is 14.9 Å². The lowest BCUT2D eigenvalue weighted by Crippen LogP contribution is -2.27. The molecule has 4 aromatic rings. The van der Waals surface area contributed by atoms with Gasteiger partial charge in [-0.15, -0.1) is 11.3 Å². The molecule has 5 rings (SSSR count). The van der Waals surface area contributed by atoms with Crippen molar-refractivity contribution >= 4 is 27.3 Å². The minimum absolute atomic E-state index is 0.0182. The largest absolute Gasteiger partial charge is 0.439 e. The van der Waals surface area contributed by atoms with Gasteiger partial charge in [-0.3, -0.25) is 4.40 Å². The number of nitrogens with two attached hydrogens (primary N) is 1. The van der Waals surface area contributed by atoms with Gasteiger partial charge in [0.05, 0.1) is 28.3 Å². The summed E-state index contributed by atoms with van der Waals surface area (Å²) in [6, 6.07) is 9.18. The zero-order chi connectivity index (χ0) is 18.7. The Morgan fingerprint density at radius 2 is 2.19 bits per heavy atom. The van der Waals surface area contributed by atoms with Crippen LogP contribution in [-0.4, -0.2) is 9.38 Å². The Balaban J connectivity index is 1.93. The smallest absolute Gasteiger partial charge is 0.344 e. The van der Waals surface area contributed by atoms with Crippen molar-refractivity contribution < 1.29 is 9.15 Å². The molecule has 1 aliphatic rings. The fourth-order valence-corrected chi connectivity index (χ4v) is 4.37. The molecule has 1 unspecified atom stereocenters. The highest BCUT2D eigenvalue weighted by molar-refractivity contribution is 7.15. The van der Waals surface area contributed by atoms with Crippen LogP contribution in [0.2, 0.25) is 0 Å². The van der Waals surface area contributed by atoms with Gasteiger partial charge in [-0.2, -0.15) is 5.26 Å². The van der Waals surface area contributed by atoms with Crippen molar-refractivity contribution in [3.63, 3.8) is 0 Å². The third-order valence-corrected chi connectivity index (χ3v) is 5.49. The summed E-state index contributed by atoms with van der Waals surface area (Å²) in [6.07, 6.45) is 1.86. The first-order valence-corrected chi connectivity index (χ1v) is 9.03. The summed E-state index contributed by atoms with van der Waals surface area (Å²) in [7, 11) is 0. The van der Waals surface area contributed by atoms with E-state index in [1.807, 2.05) is 29.0 Å². The number of para-hydroxylation sites is 1. The van der Waals surface area contributed by atoms with Gasteiger partial charge in [0.1, 0.15) is 17.2 Å². The van der Waals surface area contributed by atoms with Crippen LogP contribution in [0.3, 0.4) is 0 Å². The monoisotopic (exact) mass is 376 g/mol. The van der Waals surface area contributed by atoms with E-state index in [9.17, 15) is 10.1 Å². The molecule has 132 valence electrons. The molecule has 1 atom stereocenters. The normalized spacial score (nSPS) is 16.4. The van der Waals surface area contributed by atoms with Crippen molar-refractivity contribution in [2.24, 2.45) is 5.73 Å². The van der Waals surface area contributed by atoms with E-state index in [0.29, 0.717) is 28.1 Å². The average molecular weight is 376 g/mol. The van der Waals surface area contributed by atoms with Crippen molar-refractivity contribution in [1.29, 1.82) is 5.26 Å². The van der Waals surface area contributed by atoms with E-state index in [0.717, 1.165) is 4.96 Å². The molecule has 1 aliphatic heterocycles. The highest BCUT2D eigenvalue weighted by atomic mass is 32.1. The summed E-state index contributed by atoms with van der Waals surface area (Å²) in [5.41, 5.74) is 7.78. The molecule has 27 heavy (non-hydrogen) atoms. The molecule has 0 aliphatic carbocycles. The number of rotatable bonds is 1. The lowest BCUT2D eigenvalue weighted by Gasteiger charge is -2.25. The minimum Gasteiger partial charge on any atom is -0.439 e. The zero-order valence-corrected chi connectivity index (χ0v) is 14.9. The molecule has 3 aromatic heterocycles. The van der Waals surface area contributed by atoms with Crippen LogP contribution in [0, 0.1) is 18.3 Å². The summed E-state index contributed by atoms with van der Waals surface area (Å²) >= 11 is 1.47. The van der Waals surface area contributed by atoms with Gasteiger partial charge in [-0.05, 0) is 19.1 Å². The van der Waals surface area contributed by atoms with Crippen LogP contribution in [0.25, 0.3) is 15.9 Å². The van der Waals surface area contributed by atoms with Crippen molar-refractivity contribution in [3.05, 3.63) is 74.7 Å². The average Bonchev–Trinajstić information content (AvgIpc) is 3.21. The van der Waals surface area contributed by atoms with Crippen LogP contribution in [0.5, 0.6) is 5.75 Å². The van der Waals surface area contributed by atoms with Crippen LogP contribution in [0.4, 0.5) is 0 Å². The third kappa shape index (κ3) is 2.06. The van der Waals surface area contributed by atoms with Crippen molar-refractivity contribution in [2.75, 3.05) is 0 Å².